The Kier molecular flexibility index (Phi) is 7.85. The average Bonchev–Trinajstić information content (AvgIpc) is 2.78. The Bertz CT molecular complexity index is 863. The topological polar surface area (TPSA) is 84.8 Å². The van der Waals surface area contributed by atoms with Crippen LogP contribution in [-0.2, 0) is 0 Å². The summed E-state index contributed by atoms with van der Waals surface area (Å²) in [5.74, 6) is -0.147. The monoisotopic (exact) mass is 406 g/mol. The number of benzene rings is 3. The summed E-state index contributed by atoms with van der Waals surface area (Å²) >= 11 is 0. The normalized spacial score (nSPS) is 13.3. The maximum Gasteiger partial charge on any atom is 0.157 e. The smallest absolute Gasteiger partial charge is 0.157 e. The summed E-state index contributed by atoms with van der Waals surface area (Å²) < 4.78 is 0. The van der Waals surface area contributed by atoms with Crippen molar-refractivity contribution in [2.24, 2.45) is 0 Å². The fourth-order valence-electron chi connectivity index (χ4n) is 3.56. The summed E-state index contributed by atoms with van der Waals surface area (Å²) in [5.41, 5.74) is 3.12. The van der Waals surface area contributed by atoms with Crippen LogP contribution in [0.4, 0.5) is 0 Å². The van der Waals surface area contributed by atoms with E-state index in [0.29, 0.717) is 12.1 Å². The zero-order chi connectivity index (χ0) is 21.3. The summed E-state index contributed by atoms with van der Waals surface area (Å²) in [6.07, 6.45) is -0.780. The van der Waals surface area contributed by atoms with Crippen molar-refractivity contribution in [2.75, 3.05) is 19.6 Å². The van der Waals surface area contributed by atoms with Crippen LogP contribution in [0.3, 0.4) is 0 Å². The molecule has 0 amide bonds. The van der Waals surface area contributed by atoms with Gasteiger partial charge in [0.25, 0.3) is 0 Å². The van der Waals surface area contributed by atoms with E-state index in [1.54, 1.807) is 6.07 Å². The van der Waals surface area contributed by atoms with Gasteiger partial charge in [-0.05, 0) is 35.7 Å². The third-order valence-electron chi connectivity index (χ3n) is 5.34. The minimum atomic E-state index is -0.780. The van der Waals surface area contributed by atoms with Crippen molar-refractivity contribution in [3.8, 4) is 11.5 Å². The summed E-state index contributed by atoms with van der Waals surface area (Å²) in [7, 11) is 0. The SMILES string of the molecule is C[C@H](NCCNCC(c1ccccc1)c1ccccc1)[C@H](O)c1ccc(O)c(O)c1. The first kappa shape index (κ1) is 21.8. The summed E-state index contributed by atoms with van der Waals surface area (Å²) in [5, 5.41) is 36.3. The Hall–Kier alpha value is -2.86. The van der Waals surface area contributed by atoms with Crippen molar-refractivity contribution in [2.45, 2.75) is 25.0 Å². The molecule has 2 atom stereocenters. The maximum atomic E-state index is 10.5. The fourth-order valence-corrected chi connectivity index (χ4v) is 3.56. The minimum Gasteiger partial charge on any atom is -0.504 e. The molecule has 0 unspecified atom stereocenters. The molecular weight excluding hydrogens is 376 g/mol. The molecule has 0 saturated carbocycles. The lowest BCUT2D eigenvalue weighted by molar-refractivity contribution is 0.136. The lowest BCUT2D eigenvalue weighted by atomic mass is 9.91. The Morgan fingerprint density at radius 3 is 1.90 bits per heavy atom. The number of phenols is 2. The zero-order valence-corrected chi connectivity index (χ0v) is 17.2. The predicted octanol–water partition coefficient (Wildman–Crippen LogP) is 3.53. The molecule has 0 saturated heterocycles. The van der Waals surface area contributed by atoms with E-state index in [1.807, 2.05) is 19.1 Å². The number of hydrogen-bond donors (Lipinski definition) is 5. The molecule has 0 aromatic heterocycles. The Morgan fingerprint density at radius 1 is 0.733 bits per heavy atom. The predicted molar refractivity (Wildman–Crippen MR) is 120 cm³/mol. The van der Waals surface area contributed by atoms with Crippen molar-refractivity contribution >= 4 is 0 Å². The van der Waals surface area contributed by atoms with E-state index in [-0.39, 0.29) is 23.5 Å². The van der Waals surface area contributed by atoms with Crippen LogP contribution in [-0.4, -0.2) is 41.0 Å². The van der Waals surface area contributed by atoms with Gasteiger partial charge in [-0.2, -0.15) is 0 Å². The second-order valence-electron chi connectivity index (χ2n) is 7.51. The highest BCUT2D eigenvalue weighted by molar-refractivity contribution is 5.41. The van der Waals surface area contributed by atoms with Crippen LogP contribution in [0.5, 0.6) is 11.5 Å². The second kappa shape index (κ2) is 10.8. The molecule has 5 N–H and O–H groups in total. The highest BCUT2D eigenvalue weighted by Crippen LogP contribution is 2.29. The Morgan fingerprint density at radius 2 is 1.33 bits per heavy atom. The fraction of sp³-hybridized carbons (Fsp3) is 0.280. The maximum absolute atomic E-state index is 10.5. The van der Waals surface area contributed by atoms with Gasteiger partial charge < -0.3 is 26.0 Å². The van der Waals surface area contributed by atoms with Gasteiger partial charge in [0.2, 0.25) is 0 Å². The van der Waals surface area contributed by atoms with Crippen LogP contribution in [0.1, 0.15) is 35.6 Å². The molecule has 0 bridgehead atoms. The van der Waals surface area contributed by atoms with Gasteiger partial charge in [0, 0.05) is 31.6 Å². The number of hydrogen-bond acceptors (Lipinski definition) is 5. The van der Waals surface area contributed by atoms with Gasteiger partial charge in [-0.25, -0.2) is 0 Å². The van der Waals surface area contributed by atoms with Gasteiger partial charge in [-0.3, -0.25) is 0 Å². The minimum absolute atomic E-state index is 0.192. The van der Waals surface area contributed by atoms with E-state index in [9.17, 15) is 15.3 Å². The van der Waals surface area contributed by atoms with Crippen molar-refractivity contribution in [3.63, 3.8) is 0 Å². The highest BCUT2D eigenvalue weighted by Gasteiger charge is 2.17. The molecule has 5 nitrogen and oxygen atoms in total. The number of aliphatic hydroxyl groups excluding tert-OH is 1. The molecule has 0 aliphatic heterocycles. The molecule has 0 spiro atoms. The lowest BCUT2D eigenvalue weighted by Crippen LogP contribution is -2.38. The second-order valence-corrected chi connectivity index (χ2v) is 7.51. The molecule has 0 aliphatic rings. The largest absolute Gasteiger partial charge is 0.504 e. The molecule has 30 heavy (non-hydrogen) atoms. The van der Waals surface area contributed by atoms with Gasteiger partial charge in [0.1, 0.15) is 0 Å². The Balaban J connectivity index is 1.49. The van der Waals surface area contributed by atoms with Gasteiger partial charge in [-0.1, -0.05) is 66.7 Å². The summed E-state index contributed by atoms with van der Waals surface area (Å²) in [6, 6.07) is 25.1. The van der Waals surface area contributed by atoms with Crippen LogP contribution < -0.4 is 10.6 Å². The van der Waals surface area contributed by atoms with Crippen LogP contribution >= 0.6 is 0 Å². The molecule has 0 aliphatic carbocycles. The van der Waals surface area contributed by atoms with E-state index in [1.165, 1.54) is 23.3 Å². The number of aliphatic hydroxyl groups is 1. The van der Waals surface area contributed by atoms with Gasteiger partial charge in [0.05, 0.1) is 6.10 Å². The molecule has 0 heterocycles. The van der Waals surface area contributed by atoms with Crippen LogP contribution in [0.25, 0.3) is 0 Å². The highest BCUT2D eigenvalue weighted by atomic mass is 16.3. The van der Waals surface area contributed by atoms with Crippen LogP contribution in [0.2, 0.25) is 0 Å². The first-order valence-corrected chi connectivity index (χ1v) is 10.3. The van der Waals surface area contributed by atoms with E-state index < -0.39 is 6.10 Å². The quantitative estimate of drug-likeness (QED) is 0.263. The molecule has 3 rings (SSSR count). The van der Waals surface area contributed by atoms with E-state index in [0.717, 1.165) is 13.1 Å². The average molecular weight is 407 g/mol. The van der Waals surface area contributed by atoms with Crippen molar-refractivity contribution < 1.29 is 15.3 Å². The van der Waals surface area contributed by atoms with E-state index in [2.05, 4.69) is 59.2 Å². The lowest BCUT2D eigenvalue weighted by Gasteiger charge is -2.22. The van der Waals surface area contributed by atoms with Gasteiger partial charge >= 0.3 is 0 Å². The first-order valence-electron chi connectivity index (χ1n) is 10.3. The number of aromatic hydroxyl groups is 2. The molecule has 3 aromatic rings. The zero-order valence-electron chi connectivity index (χ0n) is 17.2. The van der Waals surface area contributed by atoms with E-state index in [4.69, 9.17) is 0 Å². The summed E-state index contributed by atoms with van der Waals surface area (Å²) in [4.78, 5) is 0. The molecule has 0 fully saturated rings. The third kappa shape index (κ3) is 5.83. The summed E-state index contributed by atoms with van der Waals surface area (Å²) in [6.45, 7) is 4.16. The van der Waals surface area contributed by atoms with Crippen LogP contribution in [0, 0.1) is 0 Å². The van der Waals surface area contributed by atoms with Crippen molar-refractivity contribution in [3.05, 3.63) is 95.6 Å². The van der Waals surface area contributed by atoms with Gasteiger partial charge in [-0.15, -0.1) is 0 Å². The molecule has 158 valence electrons. The van der Waals surface area contributed by atoms with E-state index >= 15 is 0 Å². The number of phenolic OH excluding ortho intramolecular Hbond substituents is 2. The van der Waals surface area contributed by atoms with Crippen molar-refractivity contribution in [1.29, 1.82) is 0 Å². The molecule has 3 aromatic carbocycles. The number of rotatable bonds is 10. The molecule has 0 radical (unpaired) electrons. The molecule has 5 heteroatoms. The standard InChI is InChI=1S/C25H30N2O3/c1-18(25(30)21-12-13-23(28)24(29)16-21)27-15-14-26-17-22(19-8-4-2-5-9-19)20-10-6-3-7-11-20/h2-13,16,18,22,25-30H,14-15,17H2,1H3/t18-,25-/m0/s1. The van der Waals surface area contributed by atoms with Crippen molar-refractivity contribution in [1.82, 2.24) is 10.6 Å². The van der Waals surface area contributed by atoms with Crippen LogP contribution in [0.15, 0.2) is 78.9 Å². The third-order valence-corrected chi connectivity index (χ3v) is 5.34. The number of nitrogens with one attached hydrogen (secondary N) is 2. The molecular formula is C25H30N2O3. The van der Waals surface area contributed by atoms with Gasteiger partial charge in [0.15, 0.2) is 11.5 Å². The first-order chi connectivity index (χ1) is 14.6. The Labute approximate surface area is 178 Å².